The molecule has 1 aromatic carbocycles. The second kappa shape index (κ2) is 3.55. The minimum Gasteiger partial charge on any atom is -0.481 e. The Morgan fingerprint density at radius 3 is 3.07 bits per heavy atom. The smallest absolute Gasteiger partial charge is 0.309 e. The van der Waals surface area contributed by atoms with Crippen LogP contribution in [-0.2, 0) is 11.2 Å². The van der Waals surface area contributed by atoms with E-state index in [0.29, 0.717) is 10.7 Å². The highest BCUT2D eigenvalue weighted by atomic mass is 35.5. The van der Waals surface area contributed by atoms with E-state index in [9.17, 15) is 4.79 Å². The summed E-state index contributed by atoms with van der Waals surface area (Å²) < 4.78 is 4.92. The summed E-state index contributed by atoms with van der Waals surface area (Å²) in [6.07, 6.45) is -0.0552. The van der Waals surface area contributed by atoms with Crippen molar-refractivity contribution in [1.29, 1.82) is 0 Å². The number of aliphatic carboxylic acids is 1. The van der Waals surface area contributed by atoms with Crippen molar-refractivity contribution in [2.45, 2.75) is 6.42 Å². The molecule has 2 aromatic rings. The summed E-state index contributed by atoms with van der Waals surface area (Å²) in [4.78, 5) is 10.5. The Morgan fingerprint density at radius 2 is 2.36 bits per heavy atom. The number of halogens is 1. The van der Waals surface area contributed by atoms with Gasteiger partial charge >= 0.3 is 5.97 Å². The highest BCUT2D eigenvalue weighted by molar-refractivity contribution is 7.14. The number of fused-ring (bicyclic) bond motifs is 1. The number of aromatic nitrogens is 1. The molecule has 0 spiro atoms. The fraction of sp³-hybridized carbons (Fsp3) is 0.111. The standard InChI is InChI=1S/C9H6ClNO2S/c10-6-3-1-2-5-7(4-8(12)13)11-14-9(5)6/h1-3H,4H2,(H,12,13). The topological polar surface area (TPSA) is 50.2 Å². The van der Waals surface area contributed by atoms with Gasteiger partial charge in [-0.1, -0.05) is 23.7 Å². The van der Waals surface area contributed by atoms with Gasteiger partial charge in [0.15, 0.2) is 0 Å². The van der Waals surface area contributed by atoms with Gasteiger partial charge in [-0.05, 0) is 17.6 Å². The lowest BCUT2D eigenvalue weighted by Gasteiger charge is -1.93. The summed E-state index contributed by atoms with van der Waals surface area (Å²) in [5.74, 6) is -0.878. The van der Waals surface area contributed by atoms with Crippen molar-refractivity contribution in [3.8, 4) is 0 Å². The number of hydrogen-bond acceptors (Lipinski definition) is 3. The molecule has 0 atom stereocenters. The first kappa shape index (κ1) is 9.43. The van der Waals surface area contributed by atoms with E-state index in [1.54, 1.807) is 12.1 Å². The van der Waals surface area contributed by atoms with E-state index < -0.39 is 5.97 Å². The summed E-state index contributed by atoms with van der Waals surface area (Å²) in [5.41, 5.74) is 0.583. The number of benzene rings is 1. The van der Waals surface area contributed by atoms with Crippen LogP contribution < -0.4 is 0 Å². The normalized spacial score (nSPS) is 10.6. The number of carboxylic acid groups (broad SMARTS) is 1. The summed E-state index contributed by atoms with van der Waals surface area (Å²) in [6.45, 7) is 0. The van der Waals surface area contributed by atoms with E-state index in [4.69, 9.17) is 16.7 Å². The zero-order valence-corrected chi connectivity index (χ0v) is 8.60. The summed E-state index contributed by atoms with van der Waals surface area (Å²) >= 11 is 7.17. The minimum atomic E-state index is -0.878. The largest absolute Gasteiger partial charge is 0.481 e. The Hall–Kier alpha value is -1.13. The molecular weight excluding hydrogens is 222 g/mol. The van der Waals surface area contributed by atoms with Crippen molar-refractivity contribution in [1.82, 2.24) is 4.37 Å². The maximum atomic E-state index is 10.5. The predicted molar refractivity (Wildman–Crippen MR) is 56.0 cm³/mol. The van der Waals surface area contributed by atoms with E-state index in [-0.39, 0.29) is 6.42 Å². The fourth-order valence-corrected chi connectivity index (χ4v) is 2.33. The van der Waals surface area contributed by atoms with Gasteiger partial charge in [0, 0.05) is 5.39 Å². The molecule has 0 saturated heterocycles. The van der Waals surface area contributed by atoms with E-state index in [0.717, 1.165) is 10.1 Å². The average Bonchev–Trinajstić information content (AvgIpc) is 2.49. The first-order valence-corrected chi connectivity index (χ1v) is 5.08. The number of hydrogen-bond donors (Lipinski definition) is 1. The van der Waals surface area contributed by atoms with Crippen LogP contribution in [0, 0.1) is 0 Å². The van der Waals surface area contributed by atoms with Crippen LogP contribution >= 0.6 is 23.1 Å². The third-order valence-electron chi connectivity index (χ3n) is 1.84. The molecule has 5 heteroatoms. The summed E-state index contributed by atoms with van der Waals surface area (Å²) in [6, 6.07) is 5.40. The molecule has 1 aromatic heterocycles. The lowest BCUT2D eigenvalue weighted by Crippen LogP contribution is -2.00. The number of nitrogens with zero attached hydrogens (tertiary/aromatic N) is 1. The maximum absolute atomic E-state index is 10.5. The van der Waals surface area contributed by atoms with Gasteiger partial charge in [-0.15, -0.1) is 0 Å². The molecule has 0 bridgehead atoms. The highest BCUT2D eigenvalue weighted by Crippen LogP contribution is 2.29. The Balaban J connectivity index is 2.58. The van der Waals surface area contributed by atoms with Gasteiger partial charge in [0.25, 0.3) is 0 Å². The van der Waals surface area contributed by atoms with Crippen molar-refractivity contribution in [2.75, 3.05) is 0 Å². The molecule has 72 valence electrons. The number of carboxylic acids is 1. The van der Waals surface area contributed by atoms with Gasteiger partial charge in [-0.2, -0.15) is 4.37 Å². The van der Waals surface area contributed by atoms with Gasteiger partial charge < -0.3 is 5.11 Å². The molecule has 0 saturated carbocycles. The molecule has 0 amide bonds. The van der Waals surface area contributed by atoms with Crippen LogP contribution in [0.25, 0.3) is 10.1 Å². The third-order valence-corrected chi connectivity index (χ3v) is 3.20. The van der Waals surface area contributed by atoms with Gasteiger partial charge in [-0.25, -0.2) is 0 Å². The third kappa shape index (κ3) is 1.58. The van der Waals surface area contributed by atoms with Gasteiger partial charge in [-0.3, -0.25) is 4.79 Å². The van der Waals surface area contributed by atoms with Crippen LogP contribution in [-0.4, -0.2) is 15.4 Å². The molecule has 0 fully saturated rings. The van der Waals surface area contributed by atoms with Crippen LogP contribution in [0.3, 0.4) is 0 Å². The Morgan fingerprint density at radius 1 is 1.57 bits per heavy atom. The van der Waals surface area contributed by atoms with E-state index in [1.165, 1.54) is 11.5 Å². The fourth-order valence-electron chi connectivity index (χ4n) is 1.25. The first-order valence-electron chi connectivity index (χ1n) is 3.93. The van der Waals surface area contributed by atoms with E-state index in [2.05, 4.69) is 4.37 Å². The van der Waals surface area contributed by atoms with E-state index in [1.807, 2.05) is 6.07 Å². The number of carbonyl (C=O) groups is 1. The van der Waals surface area contributed by atoms with Crippen molar-refractivity contribution < 1.29 is 9.90 Å². The van der Waals surface area contributed by atoms with Crippen molar-refractivity contribution in [2.24, 2.45) is 0 Å². The lowest BCUT2D eigenvalue weighted by molar-refractivity contribution is -0.136. The van der Waals surface area contributed by atoms with Crippen LogP contribution in [0.5, 0.6) is 0 Å². The molecule has 2 rings (SSSR count). The molecular formula is C9H6ClNO2S. The lowest BCUT2D eigenvalue weighted by atomic mass is 10.2. The molecule has 1 heterocycles. The van der Waals surface area contributed by atoms with Crippen LogP contribution in [0.4, 0.5) is 0 Å². The molecule has 3 nitrogen and oxygen atoms in total. The van der Waals surface area contributed by atoms with E-state index >= 15 is 0 Å². The molecule has 0 aliphatic rings. The quantitative estimate of drug-likeness (QED) is 0.858. The average molecular weight is 228 g/mol. The van der Waals surface area contributed by atoms with Gasteiger partial charge in [0.05, 0.1) is 21.8 Å². The number of rotatable bonds is 2. The van der Waals surface area contributed by atoms with Gasteiger partial charge in [0.2, 0.25) is 0 Å². The predicted octanol–water partition coefficient (Wildman–Crippen LogP) is 2.58. The van der Waals surface area contributed by atoms with Crippen LogP contribution in [0.15, 0.2) is 18.2 Å². The molecule has 0 aliphatic heterocycles. The first-order chi connectivity index (χ1) is 6.68. The Kier molecular flexibility index (Phi) is 2.39. The van der Waals surface area contributed by atoms with Crippen molar-refractivity contribution >= 4 is 39.2 Å². The monoisotopic (exact) mass is 227 g/mol. The Labute approximate surface area is 89.1 Å². The highest BCUT2D eigenvalue weighted by Gasteiger charge is 2.10. The van der Waals surface area contributed by atoms with Crippen molar-refractivity contribution in [3.63, 3.8) is 0 Å². The molecule has 0 aliphatic carbocycles. The van der Waals surface area contributed by atoms with Crippen molar-refractivity contribution in [3.05, 3.63) is 28.9 Å². The SMILES string of the molecule is O=C(O)Cc1nsc2c(Cl)cccc12. The molecule has 1 N–H and O–H groups in total. The molecule has 0 unspecified atom stereocenters. The Bertz CT molecular complexity index is 495. The van der Waals surface area contributed by atoms with Gasteiger partial charge in [0.1, 0.15) is 0 Å². The minimum absolute atomic E-state index is 0.0552. The second-order valence-electron chi connectivity index (χ2n) is 2.82. The van der Waals surface area contributed by atoms with Crippen LogP contribution in [0.2, 0.25) is 5.02 Å². The maximum Gasteiger partial charge on any atom is 0.309 e. The summed E-state index contributed by atoms with van der Waals surface area (Å²) in [5, 5.41) is 10.1. The molecule has 0 radical (unpaired) electrons. The zero-order valence-electron chi connectivity index (χ0n) is 7.03. The molecule has 14 heavy (non-hydrogen) atoms. The summed E-state index contributed by atoms with van der Waals surface area (Å²) in [7, 11) is 0. The second-order valence-corrected chi connectivity index (χ2v) is 4.00. The zero-order chi connectivity index (χ0) is 10.1. The van der Waals surface area contributed by atoms with Crippen LogP contribution in [0.1, 0.15) is 5.69 Å².